The number of aliphatic imine (C=N–C) groups is 1. The summed E-state index contributed by atoms with van der Waals surface area (Å²) in [5.41, 5.74) is 0.161. The molecule has 0 fully saturated rings. The molecular weight excluding hydrogens is 415 g/mol. The van der Waals surface area contributed by atoms with Crippen LogP contribution in [0.5, 0.6) is 5.75 Å². The maximum atomic E-state index is 12.6. The molecule has 166 valence electrons. The van der Waals surface area contributed by atoms with Crippen LogP contribution >= 0.6 is 11.3 Å². The van der Waals surface area contributed by atoms with Crippen LogP contribution in [0.2, 0.25) is 0 Å². The first-order valence-corrected chi connectivity index (χ1v) is 10.6. The van der Waals surface area contributed by atoms with Crippen molar-refractivity contribution >= 4 is 17.3 Å². The minimum Gasteiger partial charge on any atom is -0.492 e. The maximum Gasteiger partial charge on any atom is 0.434 e. The first-order valence-electron chi connectivity index (χ1n) is 9.75. The van der Waals surface area contributed by atoms with Gasteiger partial charge in [0.25, 0.3) is 0 Å². The molecule has 10 heteroatoms. The van der Waals surface area contributed by atoms with Crippen molar-refractivity contribution in [3.05, 3.63) is 45.9 Å². The van der Waals surface area contributed by atoms with E-state index in [-0.39, 0.29) is 6.54 Å². The molecule has 0 saturated carbocycles. The number of thiazole rings is 1. The van der Waals surface area contributed by atoms with E-state index < -0.39 is 11.9 Å². The van der Waals surface area contributed by atoms with Gasteiger partial charge in [-0.05, 0) is 30.8 Å². The molecule has 2 aromatic rings. The predicted molar refractivity (Wildman–Crippen MR) is 114 cm³/mol. The van der Waals surface area contributed by atoms with Crippen LogP contribution in [0.25, 0.3) is 0 Å². The van der Waals surface area contributed by atoms with Gasteiger partial charge in [-0.25, -0.2) is 4.98 Å². The summed E-state index contributed by atoms with van der Waals surface area (Å²) >= 11 is 0.963. The Morgan fingerprint density at radius 3 is 2.37 bits per heavy atom. The Kier molecular flexibility index (Phi) is 9.38. The van der Waals surface area contributed by atoms with E-state index in [1.807, 2.05) is 24.3 Å². The van der Waals surface area contributed by atoms with Gasteiger partial charge in [-0.15, -0.1) is 11.3 Å². The van der Waals surface area contributed by atoms with Crippen molar-refractivity contribution in [2.24, 2.45) is 4.99 Å². The third kappa shape index (κ3) is 7.83. The van der Waals surface area contributed by atoms with Gasteiger partial charge in [-0.1, -0.05) is 26.0 Å². The highest BCUT2D eigenvalue weighted by Gasteiger charge is 2.33. The Bertz CT molecular complexity index is 788. The van der Waals surface area contributed by atoms with Gasteiger partial charge < -0.3 is 20.3 Å². The van der Waals surface area contributed by atoms with Crippen LogP contribution < -0.4 is 15.4 Å². The number of ether oxygens (including phenoxy) is 1. The molecule has 0 aliphatic rings. The second-order valence-corrected chi connectivity index (χ2v) is 7.37. The van der Waals surface area contributed by atoms with E-state index in [4.69, 9.17) is 4.74 Å². The number of hydrogen-bond acceptors (Lipinski definition) is 5. The van der Waals surface area contributed by atoms with E-state index in [9.17, 15) is 13.2 Å². The van der Waals surface area contributed by atoms with Crippen LogP contribution in [0.15, 0.2) is 34.6 Å². The minimum absolute atomic E-state index is 0.166. The smallest absolute Gasteiger partial charge is 0.434 e. The number of rotatable bonds is 10. The fourth-order valence-electron chi connectivity index (χ4n) is 2.62. The third-order valence-electron chi connectivity index (χ3n) is 4.43. The fraction of sp³-hybridized carbons (Fsp3) is 0.500. The van der Waals surface area contributed by atoms with E-state index in [0.29, 0.717) is 24.1 Å². The Hall–Kier alpha value is -2.33. The fourth-order valence-corrected chi connectivity index (χ4v) is 3.36. The average Bonchev–Trinajstić information content (AvgIpc) is 3.22. The average molecular weight is 444 g/mol. The van der Waals surface area contributed by atoms with E-state index in [1.165, 1.54) is 0 Å². The quantitative estimate of drug-likeness (QED) is 0.433. The summed E-state index contributed by atoms with van der Waals surface area (Å²) in [6, 6.07) is 7.76. The van der Waals surface area contributed by atoms with Crippen LogP contribution in [0.3, 0.4) is 0 Å². The number of aromatic nitrogens is 1. The number of nitrogens with zero attached hydrogens (tertiary/aromatic N) is 3. The molecule has 1 aromatic carbocycles. The van der Waals surface area contributed by atoms with Gasteiger partial charge in [0.05, 0.1) is 6.54 Å². The molecule has 2 rings (SSSR count). The zero-order valence-corrected chi connectivity index (χ0v) is 18.2. The lowest BCUT2D eigenvalue weighted by Crippen LogP contribution is -2.36. The van der Waals surface area contributed by atoms with Gasteiger partial charge in [-0.2, -0.15) is 13.2 Å². The molecule has 1 aromatic heterocycles. The molecule has 0 bridgehead atoms. The minimum atomic E-state index is -4.42. The molecule has 0 amide bonds. The van der Waals surface area contributed by atoms with Crippen LogP contribution in [-0.2, 0) is 19.3 Å². The molecule has 30 heavy (non-hydrogen) atoms. The molecule has 0 spiro atoms. The normalized spacial score (nSPS) is 12.3. The maximum absolute atomic E-state index is 12.6. The summed E-state index contributed by atoms with van der Waals surface area (Å²) in [5.74, 6) is 1.30. The van der Waals surface area contributed by atoms with Crippen LogP contribution in [0, 0.1) is 0 Å². The second-order valence-electron chi connectivity index (χ2n) is 6.42. The summed E-state index contributed by atoms with van der Waals surface area (Å²) in [4.78, 5) is 9.98. The Balaban J connectivity index is 1.76. The predicted octanol–water partition coefficient (Wildman–Crippen LogP) is 3.75. The molecule has 0 atom stereocenters. The van der Waals surface area contributed by atoms with E-state index in [2.05, 4.69) is 39.4 Å². The molecular formula is C20H28F3N5OS. The first-order chi connectivity index (χ1) is 14.4. The van der Waals surface area contributed by atoms with Gasteiger partial charge in [-0.3, -0.25) is 4.99 Å². The van der Waals surface area contributed by atoms with Crippen molar-refractivity contribution in [3.8, 4) is 5.75 Å². The van der Waals surface area contributed by atoms with Gasteiger partial charge in [0, 0.05) is 25.5 Å². The van der Waals surface area contributed by atoms with Crippen molar-refractivity contribution in [1.82, 2.24) is 20.5 Å². The third-order valence-corrected chi connectivity index (χ3v) is 5.28. The number of nitrogens with one attached hydrogen (secondary N) is 2. The highest BCUT2D eigenvalue weighted by molar-refractivity contribution is 7.09. The number of likely N-dealkylation sites (N-methyl/N-ethyl adjacent to an activating group) is 1. The number of alkyl halides is 3. The zero-order chi connectivity index (χ0) is 22.0. The Morgan fingerprint density at radius 1 is 1.13 bits per heavy atom. The van der Waals surface area contributed by atoms with Crippen molar-refractivity contribution in [1.29, 1.82) is 0 Å². The lowest BCUT2D eigenvalue weighted by atomic mass is 10.2. The molecule has 0 radical (unpaired) electrons. The van der Waals surface area contributed by atoms with E-state index >= 15 is 0 Å². The van der Waals surface area contributed by atoms with Crippen LogP contribution in [-0.4, -0.2) is 49.1 Å². The molecule has 0 saturated heterocycles. The monoisotopic (exact) mass is 443 g/mol. The molecule has 1 heterocycles. The molecule has 0 unspecified atom stereocenters. The standard InChI is InChI=1S/C20H28F3N5OS/c1-4-28(5-2)10-11-29-16-8-6-15(7-9-16)12-25-19(24-3)26-13-18-27-17(14-30-18)20(21,22)23/h6-9,14H,4-5,10-13H2,1-3H3,(H2,24,25,26). The van der Waals surface area contributed by atoms with Crippen molar-refractivity contribution < 1.29 is 17.9 Å². The van der Waals surface area contributed by atoms with Crippen LogP contribution in [0.4, 0.5) is 13.2 Å². The summed E-state index contributed by atoms with van der Waals surface area (Å²) in [6.45, 7) is 8.49. The van der Waals surface area contributed by atoms with Gasteiger partial charge in [0.15, 0.2) is 11.7 Å². The first kappa shape index (κ1) is 23.9. The Morgan fingerprint density at radius 2 is 1.80 bits per heavy atom. The Labute approximate surface area is 179 Å². The number of guanidine groups is 1. The van der Waals surface area contributed by atoms with Crippen molar-refractivity contribution in [3.63, 3.8) is 0 Å². The lowest BCUT2D eigenvalue weighted by molar-refractivity contribution is -0.140. The summed E-state index contributed by atoms with van der Waals surface area (Å²) in [7, 11) is 1.60. The van der Waals surface area contributed by atoms with Gasteiger partial charge in [0.2, 0.25) is 0 Å². The second kappa shape index (κ2) is 11.8. The number of hydrogen-bond donors (Lipinski definition) is 2. The highest BCUT2D eigenvalue weighted by Crippen LogP contribution is 2.29. The largest absolute Gasteiger partial charge is 0.492 e. The highest BCUT2D eigenvalue weighted by atomic mass is 32.1. The lowest BCUT2D eigenvalue weighted by Gasteiger charge is -2.18. The number of benzene rings is 1. The molecule has 0 aliphatic heterocycles. The van der Waals surface area contributed by atoms with Crippen LogP contribution in [0.1, 0.15) is 30.1 Å². The molecule has 0 aliphatic carbocycles. The van der Waals surface area contributed by atoms with Gasteiger partial charge in [0.1, 0.15) is 17.4 Å². The van der Waals surface area contributed by atoms with E-state index in [0.717, 1.165) is 47.7 Å². The van der Waals surface area contributed by atoms with E-state index in [1.54, 1.807) is 7.05 Å². The molecule has 6 nitrogen and oxygen atoms in total. The summed E-state index contributed by atoms with van der Waals surface area (Å²) in [6.07, 6.45) is -4.42. The van der Waals surface area contributed by atoms with Crippen molar-refractivity contribution in [2.75, 3.05) is 33.3 Å². The molecule has 2 N–H and O–H groups in total. The summed E-state index contributed by atoms with van der Waals surface area (Å²) in [5, 5.41) is 7.46. The topological polar surface area (TPSA) is 61.8 Å². The zero-order valence-electron chi connectivity index (χ0n) is 17.4. The van der Waals surface area contributed by atoms with Gasteiger partial charge >= 0.3 is 6.18 Å². The number of halogens is 3. The SMILES string of the molecule is CCN(CC)CCOc1ccc(CNC(=NC)NCc2nc(C(F)(F)F)cs2)cc1. The van der Waals surface area contributed by atoms with Crippen molar-refractivity contribution in [2.45, 2.75) is 33.1 Å². The summed E-state index contributed by atoms with van der Waals surface area (Å²) < 4.78 is 43.6.